The fraction of sp³-hybridized carbons (Fsp3) is 0.200. The van der Waals surface area contributed by atoms with Crippen molar-refractivity contribution >= 4 is 22.5 Å². The van der Waals surface area contributed by atoms with Gasteiger partial charge in [-0.25, -0.2) is 0 Å². The molecule has 0 aliphatic heterocycles. The fourth-order valence-electron chi connectivity index (χ4n) is 2.68. The number of rotatable bonds is 6. The summed E-state index contributed by atoms with van der Waals surface area (Å²) in [4.78, 5) is 18.8. The summed E-state index contributed by atoms with van der Waals surface area (Å²) in [5.74, 6) is 0.00747. The van der Waals surface area contributed by atoms with Crippen molar-refractivity contribution in [3.63, 3.8) is 0 Å². The third-order valence-corrected chi connectivity index (χ3v) is 3.92. The molecular formula is C20H21N3O. The van der Waals surface area contributed by atoms with Gasteiger partial charge in [0.15, 0.2) is 0 Å². The molecule has 0 saturated carbocycles. The molecule has 3 aromatic rings. The normalized spacial score (nSPS) is 10.9. The quantitative estimate of drug-likeness (QED) is 0.753. The second kappa shape index (κ2) is 7.70. The van der Waals surface area contributed by atoms with Crippen molar-refractivity contribution in [2.45, 2.75) is 13.0 Å². The van der Waals surface area contributed by atoms with Crippen molar-refractivity contribution in [3.8, 4) is 0 Å². The lowest BCUT2D eigenvalue weighted by Crippen LogP contribution is -2.24. The number of carbonyl (C=O) groups is 1. The minimum Gasteiger partial charge on any atom is -0.324 e. The zero-order valence-corrected chi connectivity index (χ0v) is 13.8. The summed E-state index contributed by atoms with van der Waals surface area (Å²) >= 11 is 0. The van der Waals surface area contributed by atoms with Crippen molar-refractivity contribution in [3.05, 3.63) is 72.4 Å². The molecule has 4 heteroatoms. The van der Waals surface area contributed by atoms with Crippen LogP contribution in [0.2, 0.25) is 0 Å². The van der Waals surface area contributed by atoms with Gasteiger partial charge in [0.05, 0.1) is 11.2 Å². The van der Waals surface area contributed by atoms with E-state index in [0.717, 1.165) is 23.1 Å². The van der Waals surface area contributed by atoms with Gasteiger partial charge in [0.25, 0.3) is 0 Å². The second-order valence-electron chi connectivity index (χ2n) is 5.90. The van der Waals surface area contributed by atoms with Crippen LogP contribution in [0.4, 0.5) is 5.69 Å². The minimum absolute atomic E-state index is 0.00747. The van der Waals surface area contributed by atoms with Gasteiger partial charge < -0.3 is 10.2 Å². The molecule has 1 N–H and O–H groups in total. The molecule has 0 spiro atoms. The maximum Gasteiger partial charge on any atom is 0.225 e. The molecule has 0 aliphatic rings. The number of amides is 1. The van der Waals surface area contributed by atoms with Crippen molar-refractivity contribution in [1.29, 1.82) is 0 Å². The Bertz CT molecular complexity index is 812. The molecule has 0 unspecified atom stereocenters. The van der Waals surface area contributed by atoms with Crippen LogP contribution in [-0.2, 0) is 11.3 Å². The SMILES string of the molecule is CN(CCC(=O)Nc1cccc2cccnc12)Cc1ccccc1. The third-order valence-electron chi connectivity index (χ3n) is 3.92. The highest BCUT2D eigenvalue weighted by atomic mass is 16.1. The van der Waals surface area contributed by atoms with Gasteiger partial charge in [0.1, 0.15) is 0 Å². The van der Waals surface area contributed by atoms with Crippen molar-refractivity contribution in [2.24, 2.45) is 0 Å². The Morgan fingerprint density at radius 3 is 2.67 bits per heavy atom. The van der Waals surface area contributed by atoms with Gasteiger partial charge in [-0.1, -0.05) is 48.5 Å². The molecule has 24 heavy (non-hydrogen) atoms. The standard InChI is InChI=1S/C20H21N3O/c1-23(15-16-7-3-2-4-8-16)14-12-19(24)22-18-11-5-9-17-10-6-13-21-20(17)18/h2-11,13H,12,14-15H2,1H3,(H,22,24). The Labute approximate surface area is 142 Å². The molecule has 0 atom stereocenters. The molecule has 0 aliphatic carbocycles. The highest BCUT2D eigenvalue weighted by Crippen LogP contribution is 2.20. The summed E-state index contributed by atoms with van der Waals surface area (Å²) in [5.41, 5.74) is 2.84. The molecule has 3 rings (SSSR count). The van der Waals surface area contributed by atoms with E-state index in [4.69, 9.17) is 0 Å². The first kappa shape index (κ1) is 16.1. The average Bonchev–Trinajstić information content (AvgIpc) is 2.61. The van der Waals surface area contributed by atoms with Gasteiger partial charge in [-0.15, -0.1) is 0 Å². The van der Waals surface area contributed by atoms with Crippen LogP contribution >= 0.6 is 0 Å². The first-order valence-corrected chi connectivity index (χ1v) is 8.08. The predicted molar refractivity (Wildman–Crippen MR) is 97.8 cm³/mol. The van der Waals surface area contributed by atoms with Crippen molar-refractivity contribution in [1.82, 2.24) is 9.88 Å². The zero-order valence-electron chi connectivity index (χ0n) is 13.8. The number of hydrogen-bond donors (Lipinski definition) is 1. The molecule has 4 nitrogen and oxygen atoms in total. The highest BCUT2D eigenvalue weighted by molar-refractivity contribution is 6.00. The van der Waals surface area contributed by atoms with Crippen LogP contribution in [0.1, 0.15) is 12.0 Å². The number of nitrogens with one attached hydrogen (secondary N) is 1. The molecule has 1 aromatic heterocycles. The van der Waals surface area contributed by atoms with Crippen molar-refractivity contribution in [2.75, 3.05) is 18.9 Å². The van der Waals surface area contributed by atoms with Gasteiger partial charge in [-0.2, -0.15) is 0 Å². The van der Waals surface area contributed by atoms with E-state index in [1.165, 1.54) is 5.56 Å². The third kappa shape index (κ3) is 4.18. The lowest BCUT2D eigenvalue weighted by Gasteiger charge is -2.16. The number of nitrogens with zero attached hydrogens (tertiary/aromatic N) is 2. The van der Waals surface area contributed by atoms with E-state index in [9.17, 15) is 4.79 Å². The van der Waals surface area contributed by atoms with E-state index in [0.29, 0.717) is 13.0 Å². The molecule has 0 bridgehead atoms. The lowest BCUT2D eigenvalue weighted by atomic mass is 10.2. The largest absolute Gasteiger partial charge is 0.324 e. The number of pyridine rings is 1. The second-order valence-corrected chi connectivity index (χ2v) is 5.90. The van der Waals surface area contributed by atoms with Crippen LogP contribution < -0.4 is 5.32 Å². The van der Waals surface area contributed by atoms with Crippen molar-refractivity contribution < 1.29 is 4.79 Å². The number of aromatic nitrogens is 1. The molecule has 1 amide bonds. The minimum atomic E-state index is 0.00747. The Hall–Kier alpha value is -2.72. The maximum absolute atomic E-state index is 12.2. The van der Waals surface area contributed by atoms with E-state index in [1.807, 2.05) is 55.6 Å². The number of hydrogen-bond acceptors (Lipinski definition) is 3. The maximum atomic E-state index is 12.2. The number of carbonyl (C=O) groups excluding carboxylic acids is 1. The van der Waals surface area contributed by atoms with E-state index >= 15 is 0 Å². The summed E-state index contributed by atoms with van der Waals surface area (Å²) in [6.07, 6.45) is 2.19. The number of fused-ring (bicyclic) bond motifs is 1. The average molecular weight is 319 g/mol. The number of para-hydroxylation sites is 1. The summed E-state index contributed by atoms with van der Waals surface area (Å²) in [6.45, 7) is 1.54. The Kier molecular flexibility index (Phi) is 5.18. The topological polar surface area (TPSA) is 45.2 Å². The zero-order chi connectivity index (χ0) is 16.8. The molecule has 0 radical (unpaired) electrons. The fourth-order valence-corrected chi connectivity index (χ4v) is 2.68. The predicted octanol–water partition coefficient (Wildman–Crippen LogP) is 3.70. The molecular weight excluding hydrogens is 298 g/mol. The highest BCUT2D eigenvalue weighted by Gasteiger charge is 2.08. The molecule has 0 saturated heterocycles. The van der Waals surface area contributed by atoms with Crippen LogP contribution in [0, 0.1) is 0 Å². The summed E-state index contributed by atoms with van der Waals surface area (Å²) in [7, 11) is 2.03. The molecule has 1 heterocycles. The van der Waals surface area contributed by atoms with E-state index < -0.39 is 0 Å². The molecule has 122 valence electrons. The Morgan fingerprint density at radius 1 is 1.04 bits per heavy atom. The van der Waals surface area contributed by atoms with Crippen LogP contribution in [-0.4, -0.2) is 29.4 Å². The van der Waals surface area contributed by atoms with Gasteiger partial charge in [-0.05, 0) is 24.7 Å². The lowest BCUT2D eigenvalue weighted by molar-refractivity contribution is -0.116. The number of anilines is 1. The smallest absolute Gasteiger partial charge is 0.225 e. The molecule has 0 fully saturated rings. The van der Waals surface area contributed by atoms with Crippen LogP contribution in [0.5, 0.6) is 0 Å². The van der Waals surface area contributed by atoms with Crippen LogP contribution in [0.25, 0.3) is 10.9 Å². The van der Waals surface area contributed by atoms with E-state index in [-0.39, 0.29) is 5.91 Å². The van der Waals surface area contributed by atoms with Gasteiger partial charge in [0.2, 0.25) is 5.91 Å². The van der Waals surface area contributed by atoms with Crippen LogP contribution in [0.15, 0.2) is 66.9 Å². The first-order valence-electron chi connectivity index (χ1n) is 8.08. The Balaban J connectivity index is 1.55. The summed E-state index contributed by atoms with van der Waals surface area (Å²) in [6, 6.07) is 20.0. The van der Waals surface area contributed by atoms with Gasteiger partial charge >= 0.3 is 0 Å². The first-order chi connectivity index (χ1) is 11.7. The van der Waals surface area contributed by atoms with E-state index in [2.05, 4.69) is 27.3 Å². The van der Waals surface area contributed by atoms with E-state index in [1.54, 1.807) is 6.20 Å². The summed E-state index contributed by atoms with van der Waals surface area (Å²) in [5, 5.41) is 4.00. The molecule has 2 aromatic carbocycles. The monoisotopic (exact) mass is 319 g/mol. The van der Waals surface area contributed by atoms with Gasteiger partial charge in [-0.3, -0.25) is 9.78 Å². The summed E-state index contributed by atoms with van der Waals surface area (Å²) < 4.78 is 0. The van der Waals surface area contributed by atoms with Crippen LogP contribution in [0.3, 0.4) is 0 Å². The van der Waals surface area contributed by atoms with Gasteiger partial charge in [0, 0.05) is 31.1 Å². The Morgan fingerprint density at radius 2 is 1.83 bits per heavy atom. The number of benzene rings is 2.